The Balaban J connectivity index is 1.92. The average molecular weight is 230 g/mol. The van der Waals surface area contributed by atoms with Crippen LogP contribution in [0, 0.1) is 11.3 Å². The molecule has 1 saturated heterocycles. The molecule has 88 valence electrons. The Bertz CT molecular complexity index is 475. The van der Waals surface area contributed by atoms with Crippen molar-refractivity contribution in [3.8, 4) is 11.9 Å². The number of hydrogen-bond donors (Lipinski definition) is 0. The van der Waals surface area contributed by atoms with Gasteiger partial charge in [0.15, 0.2) is 0 Å². The molecule has 1 fully saturated rings. The van der Waals surface area contributed by atoms with Crippen molar-refractivity contribution in [2.45, 2.75) is 31.8 Å². The zero-order chi connectivity index (χ0) is 11.7. The van der Waals surface area contributed by atoms with Crippen LogP contribution in [0.5, 0.6) is 5.88 Å². The third-order valence-corrected chi connectivity index (χ3v) is 3.27. The molecule has 0 spiro atoms. The van der Waals surface area contributed by atoms with E-state index in [0.717, 1.165) is 18.5 Å². The Hall–Kier alpha value is -1.60. The number of aromatic nitrogens is 1. The number of pyridine rings is 1. The normalized spacial score (nSPS) is 19.0. The van der Waals surface area contributed by atoms with Gasteiger partial charge in [-0.15, -0.1) is 0 Å². The molecule has 0 unspecified atom stereocenters. The Kier molecular flexibility index (Phi) is 2.69. The highest BCUT2D eigenvalue weighted by Gasteiger charge is 2.23. The minimum atomic E-state index is 0.0660. The lowest BCUT2D eigenvalue weighted by Gasteiger charge is -2.27. The molecule has 1 aliphatic carbocycles. The number of nitriles is 1. The first-order valence-corrected chi connectivity index (χ1v) is 6.04. The lowest BCUT2D eigenvalue weighted by Crippen LogP contribution is -2.39. The summed E-state index contributed by atoms with van der Waals surface area (Å²) in [5.74, 6) is 0.487. The largest absolute Gasteiger partial charge is 0.468 e. The first kappa shape index (κ1) is 10.5. The lowest BCUT2D eigenvalue weighted by atomic mass is 9.95. The molecule has 2 heterocycles. The molecule has 1 aromatic heterocycles. The van der Waals surface area contributed by atoms with E-state index in [1.807, 2.05) is 6.07 Å². The van der Waals surface area contributed by atoms with Crippen LogP contribution in [0.15, 0.2) is 6.07 Å². The van der Waals surface area contributed by atoms with E-state index in [1.54, 1.807) is 0 Å². The summed E-state index contributed by atoms with van der Waals surface area (Å²) >= 11 is 0. The molecule has 0 bridgehead atoms. The summed E-state index contributed by atoms with van der Waals surface area (Å²) in [6.07, 6.45) is 4.47. The van der Waals surface area contributed by atoms with Gasteiger partial charge in [0.05, 0.1) is 13.2 Å². The van der Waals surface area contributed by atoms with Crippen molar-refractivity contribution in [1.82, 2.24) is 4.98 Å². The van der Waals surface area contributed by atoms with Gasteiger partial charge in [0.25, 0.3) is 0 Å². The van der Waals surface area contributed by atoms with Gasteiger partial charge in [-0.25, -0.2) is 4.98 Å². The molecule has 17 heavy (non-hydrogen) atoms. The van der Waals surface area contributed by atoms with E-state index in [2.05, 4.69) is 11.1 Å². The van der Waals surface area contributed by atoms with Crippen molar-refractivity contribution in [2.24, 2.45) is 0 Å². The first-order valence-electron chi connectivity index (χ1n) is 6.04. The van der Waals surface area contributed by atoms with Crippen molar-refractivity contribution >= 4 is 0 Å². The molecule has 3 rings (SSSR count). The lowest BCUT2D eigenvalue weighted by molar-refractivity contribution is -0.0815. The quantitative estimate of drug-likeness (QED) is 0.774. The van der Waals surface area contributed by atoms with Gasteiger partial charge in [-0.3, -0.25) is 0 Å². The molecule has 1 aliphatic heterocycles. The van der Waals surface area contributed by atoms with Gasteiger partial charge in [0.2, 0.25) is 5.88 Å². The number of aryl methyl sites for hydroxylation is 2. The van der Waals surface area contributed by atoms with Crippen molar-refractivity contribution in [3.05, 3.63) is 22.9 Å². The molecular weight excluding hydrogens is 216 g/mol. The maximum absolute atomic E-state index is 9.12. The molecular formula is C13H14N2O2. The standard InChI is InChI=1S/C13H14N2O2/c14-6-10-5-9-3-1-2-4-12(9)15-13(10)17-11-7-16-8-11/h5,11H,1-4,7-8H2. The zero-order valence-corrected chi connectivity index (χ0v) is 9.61. The van der Waals surface area contributed by atoms with Gasteiger partial charge in [0.1, 0.15) is 17.7 Å². The van der Waals surface area contributed by atoms with E-state index in [1.165, 1.54) is 18.4 Å². The molecule has 0 radical (unpaired) electrons. The van der Waals surface area contributed by atoms with E-state index in [4.69, 9.17) is 14.7 Å². The van der Waals surface area contributed by atoms with E-state index < -0.39 is 0 Å². The van der Waals surface area contributed by atoms with Crippen molar-refractivity contribution in [2.75, 3.05) is 13.2 Å². The zero-order valence-electron chi connectivity index (χ0n) is 9.61. The van der Waals surface area contributed by atoms with Crippen LogP contribution in [0.3, 0.4) is 0 Å². The van der Waals surface area contributed by atoms with E-state index in [0.29, 0.717) is 24.7 Å². The highest BCUT2D eigenvalue weighted by Crippen LogP contribution is 2.26. The highest BCUT2D eigenvalue weighted by atomic mass is 16.6. The summed E-state index contributed by atoms with van der Waals surface area (Å²) in [4.78, 5) is 4.51. The number of hydrogen-bond acceptors (Lipinski definition) is 4. The summed E-state index contributed by atoms with van der Waals surface area (Å²) in [5, 5.41) is 9.12. The summed E-state index contributed by atoms with van der Waals surface area (Å²) in [7, 11) is 0. The Labute approximate surface area is 100 Å². The van der Waals surface area contributed by atoms with E-state index >= 15 is 0 Å². The van der Waals surface area contributed by atoms with Gasteiger partial charge in [-0.05, 0) is 37.3 Å². The van der Waals surface area contributed by atoms with Gasteiger partial charge < -0.3 is 9.47 Å². The van der Waals surface area contributed by atoms with Crippen LogP contribution < -0.4 is 4.74 Å². The van der Waals surface area contributed by atoms with Crippen molar-refractivity contribution in [1.29, 1.82) is 5.26 Å². The Morgan fingerprint density at radius 2 is 2.18 bits per heavy atom. The van der Waals surface area contributed by atoms with Crippen LogP contribution in [0.25, 0.3) is 0 Å². The maximum atomic E-state index is 9.12. The third kappa shape index (κ3) is 1.98. The van der Waals surface area contributed by atoms with Crippen LogP contribution in [-0.2, 0) is 17.6 Å². The summed E-state index contributed by atoms with van der Waals surface area (Å²) in [6, 6.07) is 4.11. The molecule has 0 N–H and O–H groups in total. The Morgan fingerprint density at radius 3 is 2.88 bits per heavy atom. The van der Waals surface area contributed by atoms with E-state index in [-0.39, 0.29) is 6.10 Å². The molecule has 0 aromatic carbocycles. The number of fused-ring (bicyclic) bond motifs is 1. The van der Waals surface area contributed by atoms with Crippen molar-refractivity contribution in [3.63, 3.8) is 0 Å². The average Bonchev–Trinajstić information content (AvgIpc) is 2.32. The minimum absolute atomic E-state index is 0.0660. The second-order valence-corrected chi connectivity index (χ2v) is 4.54. The Morgan fingerprint density at radius 1 is 1.35 bits per heavy atom. The smallest absolute Gasteiger partial charge is 0.232 e. The highest BCUT2D eigenvalue weighted by molar-refractivity contribution is 5.43. The van der Waals surface area contributed by atoms with Gasteiger partial charge in [-0.2, -0.15) is 5.26 Å². The monoisotopic (exact) mass is 230 g/mol. The predicted octanol–water partition coefficient (Wildman–Crippen LogP) is 1.61. The van der Waals surface area contributed by atoms with Crippen molar-refractivity contribution < 1.29 is 9.47 Å². The summed E-state index contributed by atoms with van der Waals surface area (Å²) in [6.45, 7) is 1.20. The maximum Gasteiger partial charge on any atom is 0.232 e. The van der Waals surface area contributed by atoms with Crippen LogP contribution in [0.2, 0.25) is 0 Å². The third-order valence-electron chi connectivity index (χ3n) is 3.27. The van der Waals surface area contributed by atoms with Crippen LogP contribution in [0.1, 0.15) is 29.7 Å². The molecule has 2 aliphatic rings. The summed E-state index contributed by atoms with van der Waals surface area (Å²) in [5.41, 5.74) is 2.87. The minimum Gasteiger partial charge on any atom is -0.468 e. The van der Waals surface area contributed by atoms with Gasteiger partial charge in [0, 0.05) is 5.69 Å². The topological polar surface area (TPSA) is 55.1 Å². The molecule has 1 aromatic rings. The number of rotatable bonds is 2. The second kappa shape index (κ2) is 4.34. The molecule has 4 nitrogen and oxygen atoms in total. The van der Waals surface area contributed by atoms with Gasteiger partial charge in [-0.1, -0.05) is 0 Å². The fraction of sp³-hybridized carbons (Fsp3) is 0.538. The molecule has 4 heteroatoms. The fourth-order valence-electron chi connectivity index (χ4n) is 2.22. The molecule has 0 atom stereocenters. The molecule has 0 saturated carbocycles. The van der Waals surface area contributed by atoms with Crippen LogP contribution in [0.4, 0.5) is 0 Å². The van der Waals surface area contributed by atoms with Crippen LogP contribution >= 0.6 is 0 Å². The summed E-state index contributed by atoms with van der Waals surface area (Å²) < 4.78 is 10.7. The van der Waals surface area contributed by atoms with Crippen LogP contribution in [-0.4, -0.2) is 24.3 Å². The van der Waals surface area contributed by atoms with E-state index in [9.17, 15) is 0 Å². The second-order valence-electron chi connectivity index (χ2n) is 4.54. The molecule has 0 amide bonds. The predicted molar refractivity (Wildman–Crippen MR) is 60.8 cm³/mol. The number of ether oxygens (including phenoxy) is 2. The number of nitrogens with zero attached hydrogens (tertiary/aromatic N) is 2. The first-order chi connectivity index (χ1) is 8.36. The fourth-order valence-corrected chi connectivity index (χ4v) is 2.22. The van der Waals surface area contributed by atoms with Gasteiger partial charge >= 0.3 is 0 Å². The SMILES string of the molecule is N#Cc1cc2c(nc1OC1COC1)CCCC2.